The molecule has 0 spiro atoms. The molecule has 4 nitrogen and oxygen atoms in total. The fourth-order valence-electron chi connectivity index (χ4n) is 2.88. The molecule has 1 aromatic carbocycles. The highest BCUT2D eigenvalue weighted by atomic mass is 16.2. The minimum Gasteiger partial charge on any atom is -0.368 e. The van der Waals surface area contributed by atoms with Crippen molar-refractivity contribution >= 4 is 11.6 Å². The van der Waals surface area contributed by atoms with E-state index in [1.54, 1.807) is 0 Å². The van der Waals surface area contributed by atoms with Crippen LogP contribution in [0.25, 0.3) is 0 Å². The van der Waals surface area contributed by atoms with Gasteiger partial charge in [0.25, 0.3) is 5.91 Å². The smallest absolute Gasteiger partial charge is 0.254 e. The number of aromatic nitrogens is 1. The number of pyridine rings is 1. The summed E-state index contributed by atoms with van der Waals surface area (Å²) in [5, 5.41) is 0. The lowest BCUT2D eigenvalue weighted by Gasteiger charge is -2.36. The summed E-state index contributed by atoms with van der Waals surface area (Å²) in [6.07, 6.45) is 3.62. The molecule has 0 N–H and O–H groups in total. The van der Waals surface area contributed by atoms with E-state index in [2.05, 4.69) is 9.88 Å². The SMILES string of the molecule is Cc1cccc(C(=O)N2CCN(c3ccncc3)CC2)c1C. The molecule has 114 valence electrons. The molecule has 0 radical (unpaired) electrons. The average Bonchev–Trinajstić information content (AvgIpc) is 2.58. The lowest BCUT2D eigenvalue weighted by atomic mass is 10.0. The number of nitrogens with zero attached hydrogens (tertiary/aromatic N) is 3. The van der Waals surface area contributed by atoms with E-state index in [0.717, 1.165) is 37.3 Å². The molecular weight excluding hydrogens is 274 g/mol. The monoisotopic (exact) mass is 295 g/mol. The highest BCUT2D eigenvalue weighted by molar-refractivity contribution is 5.96. The zero-order valence-corrected chi connectivity index (χ0v) is 13.1. The number of amides is 1. The van der Waals surface area contributed by atoms with Gasteiger partial charge in [-0.25, -0.2) is 0 Å². The summed E-state index contributed by atoms with van der Waals surface area (Å²) in [5.74, 6) is 0.149. The lowest BCUT2D eigenvalue weighted by molar-refractivity contribution is 0.0746. The number of aryl methyl sites for hydroxylation is 1. The average molecular weight is 295 g/mol. The summed E-state index contributed by atoms with van der Waals surface area (Å²) in [4.78, 5) is 21.0. The van der Waals surface area contributed by atoms with Gasteiger partial charge in [-0.05, 0) is 43.2 Å². The zero-order chi connectivity index (χ0) is 15.5. The van der Waals surface area contributed by atoms with Gasteiger partial charge in [0.1, 0.15) is 0 Å². The number of rotatable bonds is 2. The van der Waals surface area contributed by atoms with Crippen molar-refractivity contribution in [2.75, 3.05) is 31.1 Å². The summed E-state index contributed by atoms with van der Waals surface area (Å²) >= 11 is 0. The van der Waals surface area contributed by atoms with Gasteiger partial charge in [-0.1, -0.05) is 12.1 Å². The number of carbonyl (C=O) groups is 1. The molecule has 2 aromatic rings. The van der Waals surface area contributed by atoms with Gasteiger partial charge in [0.15, 0.2) is 0 Å². The Bertz CT molecular complexity index is 661. The van der Waals surface area contributed by atoms with E-state index in [4.69, 9.17) is 0 Å². The van der Waals surface area contributed by atoms with Crippen LogP contribution in [0.4, 0.5) is 5.69 Å². The van der Waals surface area contributed by atoms with E-state index in [1.807, 2.05) is 61.5 Å². The molecule has 1 aromatic heterocycles. The van der Waals surface area contributed by atoms with Crippen LogP contribution in [0.2, 0.25) is 0 Å². The first-order valence-corrected chi connectivity index (χ1v) is 7.67. The van der Waals surface area contributed by atoms with Crippen LogP contribution < -0.4 is 4.90 Å². The van der Waals surface area contributed by atoms with Crippen molar-refractivity contribution in [2.24, 2.45) is 0 Å². The number of anilines is 1. The van der Waals surface area contributed by atoms with Gasteiger partial charge in [-0.3, -0.25) is 9.78 Å². The van der Waals surface area contributed by atoms with Gasteiger partial charge in [-0.2, -0.15) is 0 Å². The van der Waals surface area contributed by atoms with Crippen molar-refractivity contribution in [1.29, 1.82) is 0 Å². The number of carbonyl (C=O) groups excluding carboxylic acids is 1. The van der Waals surface area contributed by atoms with Crippen molar-refractivity contribution in [3.8, 4) is 0 Å². The van der Waals surface area contributed by atoms with Gasteiger partial charge >= 0.3 is 0 Å². The van der Waals surface area contributed by atoms with Gasteiger partial charge < -0.3 is 9.80 Å². The molecule has 1 aliphatic rings. The van der Waals surface area contributed by atoms with Crippen LogP contribution in [0.15, 0.2) is 42.7 Å². The molecule has 1 amide bonds. The maximum absolute atomic E-state index is 12.7. The Morgan fingerprint density at radius 3 is 2.36 bits per heavy atom. The second-order valence-corrected chi connectivity index (χ2v) is 5.73. The molecule has 0 unspecified atom stereocenters. The van der Waals surface area contributed by atoms with E-state index < -0.39 is 0 Å². The minimum atomic E-state index is 0.149. The predicted molar refractivity (Wildman–Crippen MR) is 88.3 cm³/mol. The Hall–Kier alpha value is -2.36. The van der Waals surface area contributed by atoms with Crippen molar-refractivity contribution in [2.45, 2.75) is 13.8 Å². The fraction of sp³-hybridized carbons (Fsp3) is 0.333. The second-order valence-electron chi connectivity index (χ2n) is 5.73. The Morgan fingerprint density at radius 1 is 1.00 bits per heavy atom. The van der Waals surface area contributed by atoms with Crippen LogP contribution in [0.1, 0.15) is 21.5 Å². The first-order chi connectivity index (χ1) is 10.7. The van der Waals surface area contributed by atoms with Crippen molar-refractivity contribution < 1.29 is 4.79 Å². The molecular formula is C18H21N3O. The molecule has 4 heteroatoms. The number of hydrogen-bond donors (Lipinski definition) is 0. The van der Waals surface area contributed by atoms with Gasteiger partial charge in [-0.15, -0.1) is 0 Å². The zero-order valence-electron chi connectivity index (χ0n) is 13.1. The van der Waals surface area contributed by atoms with Gasteiger partial charge in [0.05, 0.1) is 0 Å². The summed E-state index contributed by atoms with van der Waals surface area (Å²) in [7, 11) is 0. The summed E-state index contributed by atoms with van der Waals surface area (Å²) in [6.45, 7) is 7.31. The van der Waals surface area contributed by atoms with Crippen LogP contribution in [0.3, 0.4) is 0 Å². The first kappa shape index (κ1) is 14.6. The van der Waals surface area contributed by atoms with Gasteiger partial charge in [0, 0.05) is 49.8 Å². The minimum absolute atomic E-state index is 0.149. The molecule has 1 fully saturated rings. The van der Waals surface area contributed by atoms with Crippen LogP contribution >= 0.6 is 0 Å². The fourth-order valence-corrected chi connectivity index (χ4v) is 2.88. The van der Waals surface area contributed by atoms with Crippen LogP contribution in [-0.4, -0.2) is 42.0 Å². The van der Waals surface area contributed by atoms with E-state index in [9.17, 15) is 4.79 Å². The third kappa shape index (κ3) is 2.82. The second kappa shape index (κ2) is 6.18. The maximum Gasteiger partial charge on any atom is 0.254 e. The normalized spacial score (nSPS) is 15.0. The molecule has 0 bridgehead atoms. The molecule has 0 saturated carbocycles. The molecule has 1 aliphatic heterocycles. The maximum atomic E-state index is 12.7. The predicted octanol–water partition coefficient (Wildman–Crippen LogP) is 2.66. The molecule has 1 saturated heterocycles. The number of benzene rings is 1. The lowest BCUT2D eigenvalue weighted by Crippen LogP contribution is -2.49. The van der Waals surface area contributed by atoms with E-state index in [0.29, 0.717) is 0 Å². The standard InChI is InChI=1S/C18H21N3O/c1-14-4-3-5-17(15(14)2)18(22)21-12-10-20(11-13-21)16-6-8-19-9-7-16/h3-9H,10-13H2,1-2H3. The summed E-state index contributed by atoms with van der Waals surface area (Å²) in [5.41, 5.74) is 4.26. The first-order valence-electron chi connectivity index (χ1n) is 7.67. The quantitative estimate of drug-likeness (QED) is 0.854. The number of hydrogen-bond acceptors (Lipinski definition) is 3. The Kier molecular flexibility index (Phi) is 4.09. The number of piperazine rings is 1. The van der Waals surface area contributed by atoms with Crippen LogP contribution in [0, 0.1) is 13.8 Å². The summed E-state index contributed by atoms with van der Waals surface area (Å²) < 4.78 is 0. The topological polar surface area (TPSA) is 36.4 Å². The van der Waals surface area contributed by atoms with Gasteiger partial charge in [0.2, 0.25) is 0 Å². The van der Waals surface area contributed by atoms with E-state index >= 15 is 0 Å². The van der Waals surface area contributed by atoms with Crippen molar-refractivity contribution in [3.63, 3.8) is 0 Å². The van der Waals surface area contributed by atoms with E-state index in [-0.39, 0.29) is 5.91 Å². The largest absolute Gasteiger partial charge is 0.368 e. The van der Waals surface area contributed by atoms with Crippen LogP contribution in [-0.2, 0) is 0 Å². The van der Waals surface area contributed by atoms with Crippen molar-refractivity contribution in [1.82, 2.24) is 9.88 Å². The Labute approximate surface area is 131 Å². The van der Waals surface area contributed by atoms with Crippen LogP contribution in [0.5, 0.6) is 0 Å². The van der Waals surface area contributed by atoms with E-state index in [1.165, 1.54) is 11.3 Å². The third-order valence-electron chi connectivity index (χ3n) is 4.43. The van der Waals surface area contributed by atoms with Crippen molar-refractivity contribution in [3.05, 3.63) is 59.4 Å². The molecule has 3 rings (SSSR count). The molecule has 22 heavy (non-hydrogen) atoms. The third-order valence-corrected chi connectivity index (χ3v) is 4.43. The summed E-state index contributed by atoms with van der Waals surface area (Å²) in [6, 6.07) is 9.97. The molecule has 0 aliphatic carbocycles. The highest BCUT2D eigenvalue weighted by Crippen LogP contribution is 2.18. The highest BCUT2D eigenvalue weighted by Gasteiger charge is 2.23. The Balaban J connectivity index is 1.69. The molecule has 0 atom stereocenters. The Morgan fingerprint density at radius 2 is 1.68 bits per heavy atom. The molecule has 2 heterocycles.